The van der Waals surface area contributed by atoms with Gasteiger partial charge in [-0.3, -0.25) is 14.4 Å². The van der Waals surface area contributed by atoms with Crippen LogP contribution >= 0.6 is 0 Å². The monoisotopic (exact) mass is 412 g/mol. The van der Waals surface area contributed by atoms with Crippen molar-refractivity contribution in [1.29, 1.82) is 0 Å². The van der Waals surface area contributed by atoms with E-state index >= 15 is 0 Å². The maximum absolute atomic E-state index is 12.2. The number of methoxy groups -OCH3 is 1. The Hall–Kier alpha value is -3.35. The number of hydrogen-bond acceptors (Lipinski definition) is 5. The Kier molecular flexibility index (Phi) is 8.41. The summed E-state index contributed by atoms with van der Waals surface area (Å²) >= 11 is 0. The molecule has 0 spiro atoms. The van der Waals surface area contributed by atoms with Crippen molar-refractivity contribution in [2.75, 3.05) is 32.6 Å². The fourth-order valence-corrected chi connectivity index (χ4v) is 2.73. The van der Waals surface area contributed by atoms with Crippen LogP contribution in [0.3, 0.4) is 0 Å². The minimum Gasteiger partial charge on any atom is -0.497 e. The van der Waals surface area contributed by atoms with Crippen molar-refractivity contribution >= 4 is 23.5 Å². The van der Waals surface area contributed by atoms with Gasteiger partial charge in [0, 0.05) is 19.2 Å². The van der Waals surface area contributed by atoms with Crippen molar-refractivity contribution in [2.45, 2.75) is 26.7 Å². The van der Waals surface area contributed by atoms with Crippen LogP contribution in [-0.4, -0.2) is 50.0 Å². The predicted octanol–water partition coefficient (Wildman–Crippen LogP) is 2.88. The lowest BCUT2D eigenvalue weighted by atomic mass is 10.1. The van der Waals surface area contributed by atoms with Gasteiger partial charge in [0.2, 0.25) is 5.91 Å². The van der Waals surface area contributed by atoms with Gasteiger partial charge in [-0.05, 0) is 55.2 Å². The summed E-state index contributed by atoms with van der Waals surface area (Å²) in [6.45, 7) is 3.31. The molecule has 0 fully saturated rings. The largest absolute Gasteiger partial charge is 0.497 e. The normalized spacial score (nSPS) is 10.3. The molecule has 0 bridgehead atoms. The topological polar surface area (TPSA) is 84.9 Å². The summed E-state index contributed by atoms with van der Waals surface area (Å²) in [5, 5.41) is 2.80. The molecule has 1 N–H and O–H groups in total. The van der Waals surface area contributed by atoms with E-state index in [0.29, 0.717) is 12.1 Å². The summed E-state index contributed by atoms with van der Waals surface area (Å²) in [4.78, 5) is 37.5. The molecule has 0 unspecified atom stereocenters. The van der Waals surface area contributed by atoms with Gasteiger partial charge in [0.1, 0.15) is 5.75 Å². The van der Waals surface area contributed by atoms with Gasteiger partial charge in [-0.1, -0.05) is 24.3 Å². The Morgan fingerprint density at radius 1 is 1.03 bits per heavy atom. The highest BCUT2D eigenvalue weighted by Crippen LogP contribution is 2.16. The van der Waals surface area contributed by atoms with Crippen LogP contribution in [0.5, 0.6) is 5.75 Å². The Labute approximate surface area is 177 Å². The number of esters is 1. The van der Waals surface area contributed by atoms with Gasteiger partial charge in [-0.15, -0.1) is 0 Å². The lowest BCUT2D eigenvalue weighted by Gasteiger charge is -2.17. The molecule has 0 saturated carbocycles. The van der Waals surface area contributed by atoms with E-state index in [1.807, 2.05) is 56.3 Å². The van der Waals surface area contributed by atoms with Crippen LogP contribution in [0, 0.1) is 13.8 Å². The Morgan fingerprint density at radius 3 is 2.40 bits per heavy atom. The van der Waals surface area contributed by atoms with Gasteiger partial charge < -0.3 is 19.7 Å². The number of rotatable bonds is 9. The van der Waals surface area contributed by atoms with Crippen LogP contribution in [0.25, 0.3) is 0 Å². The van der Waals surface area contributed by atoms with Crippen LogP contribution < -0.4 is 10.1 Å². The number of anilines is 1. The third-order valence-corrected chi connectivity index (χ3v) is 4.61. The van der Waals surface area contributed by atoms with Crippen LogP contribution in [0.2, 0.25) is 0 Å². The molecule has 160 valence electrons. The molecule has 0 aliphatic rings. The quantitative estimate of drug-likeness (QED) is 0.640. The molecule has 30 heavy (non-hydrogen) atoms. The number of aryl methyl sites for hydroxylation is 3. The molecule has 0 atom stereocenters. The average molecular weight is 412 g/mol. The number of hydrogen-bond donors (Lipinski definition) is 1. The molecule has 0 aliphatic carbocycles. The van der Waals surface area contributed by atoms with E-state index in [1.54, 1.807) is 7.11 Å². The first kappa shape index (κ1) is 22.9. The fourth-order valence-electron chi connectivity index (χ4n) is 2.73. The summed E-state index contributed by atoms with van der Waals surface area (Å²) in [6.07, 6.45) is 0.668. The SMILES string of the molecule is COc1ccc(CCC(=O)OCC(=O)N(C)CC(=O)Nc2cc(C)ccc2C)cc1. The van der Waals surface area contributed by atoms with Crippen LogP contribution in [0.4, 0.5) is 5.69 Å². The second kappa shape index (κ2) is 11.0. The Bertz CT molecular complexity index is 893. The zero-order valence-corrected chi connectivity index (χ0v) is 17.9. The van der Waals surface area contributed by atoms with Crippen molar-refractivity contribution in [3.05, 3.63) is 59.2 Å². The number of likely N-dealkylation sites (N-methyl/N-ethyl adjacent to an activating group) is 1. The first-order valence-corrected chi connectivity index (χ1v) is 9.68. The highest BCUT2D eigenvalue weighted by molar-refractivity contribution is 5.95. The van der Waals surface area contributed by atoms with E-state index in [2.05, 4.69) is 5.32 Å². The van der Waals surface area contributed by atoms with E-state index in [-0.39, 0.29) is 18.9 Å². The molecule has 0 saturated heterocycles. The second-order valence-electron chi connectivity index (χ2n) is 7.13. The molecule has 0 heterocycles. The summed E-state index contributed by atoms with van der Waals surface area (Å²) < 4.78 is 10.1. The lowest BCUT2D eigenvalue weighted by Crippen LogP contribution is -2.37. The minimum atomic E-state index is -0.465. The van der Waals surface area contributed by atoms with Crippen LogP contribution in [0.1, 0.15) is 23.1 Å². The zero-order valence-electron chi connectivity index (χ0n) is 17.9. The summed E-state index contributed by atoms with van der Waals surface area (Å²) in [7, 11) is 3.09. The molecule has 2 aromatic rings. The Morgan fingerprint density at radius 2 is 1.73 bits per heavy atom. The van der Waals surface area contributed by atoms with Crippen LogP contribution in [-0.2, 0) is 25.5 Å². The van der Waals surface area contributed by atoms with Gasteiger partial charge >= 0.3 is 5.97 Å². The fraction of sp³-hybridized carbons (Fsp3) is 0.348. The van der Waals surface area contributed by atoms with E-state index < -0.39 is 18.5 Å². The smallest absolute Gasteiger partial charge is 0.306 e. The molecule has 0 radical (unpaired) electrons. The first-order valence-electron chi connectivity index (χ1n) is 9.68. The van der Waals surface area contributed by atoms with Crippen molar-refractivity contribution in [1.82, 2.24) is 4.90 Å². The number of carbonyl (C=O) groups excluding carboxylic acids is 3. The minimum absolute atomic E-state index is 0.129. The zero-order chi connectivity index (χ0) is 22.1. The molecule has 2 rings (SSSR count). The molecule has 7 heteroatoms. The van der Waals surface area contributed by atoms with E-state index in [1.165, 1.54) is 11.9 Å². The standard InChI is InChI=1S/C23H28N2O5/c1-16-5-6-17(2)20(13-16)24-21(26)14-25(3)22(27)15-30-23(28)12-9-18-7-10-19(29-4)11-8-18/h5-8,10-11,13H,9,12,14-15H2,1-4H3,(H,24,26). The number of ether oxygens (including phenoxy) is 2. The summed E-state index contributed by atoms with van der Waals surface area (Å²) in [6, 6.07) is 13.2. The molecular weight excluding hydrogens is 384 g/mol. The lowest BCUT2D eigenvalue weighted by molar-refractivity contribution is -0.151. The molecule has 2 amide bonds. The number of nitrogens with one attached hydrogen (secondary N) is 1. The first-order chi connectivity index (χ1) is 14.3. The third kappa shape index (κ3) is 7.24. The maximum atomic E-state index is 12.2. The number of carbonyl (C=O) groups is 3. The summed E-state index contributed by atoms with van der Waals surface area (Å²) in [5.74, 6) is -0.474. The third-order valence-electron chi connectivity index (χ3n) is 4.61. The van der Waals surface area contributed by atoms with Gasteiger partial charge in [0.05, 0.1) is 13.7 Å². The molecular formula is C23H28N2O5. The van der Waals surface area contributed by atoms with Crippen LogP contribution in [0.15, 0.2) is 42.5 Å². The van der Waals surface area contributed by atoms with Gasteiger partial charge in [-0.2, -0.15) is 0 Å². The molecule has 0 aliphatic heterocycles. The number of benzene rings is 2. The van der Waals surface area contributed by atoms with Gasteiger partial charge in [0.25, 0.3) is 5.91 Å². The van der Waals surface area contributed by atoms with Gasteiger partial charge in [-0.25, -0.2) is 0 Å². The summed E-state index contributed by atoms with van der Waals surface area (Å²) in [5.41, 5.74) is 3.65. The van der Waals surface area contributed by atoms with E-state index in [4.69, 9.17) is 9.47 Å². The Balaban J connectivity index is 1.73. The van der Waals surface area contributed by atoms with E-state index in [9.17, 15) is 14.4 Å². The maximum Gasteiger partial charge on any atom is 0.306 e. The molecule has 2 aromatic carbocycles. The highest BCUT2D eigenvalue weighted by Gasteiger charge is 2.16. The molecule has 0 aromatic heterocycles. The van der Waals surface area contributed by atoms with Gasteiger partial charge in [0.15, 0.2) is 6.61 Å². The number of amides is 2. The predicted molar refractivity (Wildman–Crippen MR) is 114 cm³/mol. The van der Waals surface area contributed by atoms with Crippen molar-refractivity contribution < 1.29 is 23.9 Å². The van der Waals surface area contributed by atoms with E-state index in [0.717, 1.165) is 22.4 Å². The van der Waals surface area contributed by atoms with Crippen molar-refractivity contribution in [3.8, 4) is 5.75 Å². The average Bonchev–Trinajstić information content (AvgIpc) is 2.73. The number of nitrogens with zero attached hydrogens (tertiary/aromatic N) is 1. The molecule has 7 nitrogen and oxygen atoms in total. The van der Waals surface area contributed by atoms with Crippen molar-refractivity contribution in [3.63, 3.8) is 0 Å². The highest BCUT2D eigenvalue weighted by atomic mass is 16.5. The van der Waals surface area contributed by atoms with Crippen molar-refractivity contribution in [2.24, 2.45) is 0 Å². The second-order valence-corrected chi connectivity index (χ2v) is 7.13.